The number of aromatic nitrogens is 2. The predicted octanol–water partition coefficient (Wildman–Crippen LogP) is 1.84. The highest BCUT2D eigenvalue weighted by molar-refractivity contribution is 7.80. The summed E-state index contributed by atoms with van der Waals surface area (Å²) in [7, 11) is 0. The molecule has 0 aliphatic rings. The predicted molar refractivity (Wildman–Crippen MR) is 75.1 cm³/mol. The molecule has 0 spiro atoms. The van der Waals surface area contributed by atoms with Crippen molar-refractivity contribution in [3.8, 4) is 0 Å². The maximum atomic E-state index is 5.19. The van der Waals surface area contributed by atoms with Gasteiger partial charge in [0.15, 0.2) is 5.11 Å². The molecule has 5 heteroatoms. The Balaban J connectivity index is 2.10. The third-order valence-corrected chi connectivity index (χ3v) is 2.86. The molecule has 1 heterocycles. The summed E-state index contributed by atoms with van der Waals surface area (Å²) in [6.07, 6.45) is 6.02. The van der Waals surface area contributed by atoms with Gasteiger partial charge in [0.1, 0.15) is 0 Å². The van der Waals surface area contributed by atoms with E-state index in [1.54, 1.807) is 0 Å². The van der Waals surface area contributed by atoms with Gasteiger partial charge in [-0.1, -0.05) is 6.92 Å². The summed E-state index contributed by atoms with van der Waals surface area (Å²) in [6.45, 7) is 8.11. The molecule has 0 aromatic carbocycles. The summed E-state index contributed by atoms with van der Waals surface area (Å²) in [5, 5.41) is 11.4. The lowest BCUT2D eigenvalue weighted by atomic mass is 10.3. The van der Waals surface area contributed by atoms with E-state index in [4.69, 9.17) is 12.2 Å². The van der Waals surface area contributed by atoms with Gasteiger partial charge in [-0.3, -0.25) is 4.68 Å². The molecule has 1 unspecified atom stereocenters. The van der Waals surface area contributed by atoms with Crippen molar-refractivity contribution in [2.75, 3.05) is 6.54 Å². The van der Waals surface area contributed by atoms with Crippen molar-refractivity contribution in [3.63, 3.8) is 0 Å². The average Bonchev–Trinajstić information content (AvgIpc) is 2.70. The lowest BCUT2D eigenvalue weighted by Gasteiger charge is -2.15. The van der Waals surface area contributed by atoms with Crippen LogP contribution in [0.4, 0.5) is 0 Å². The molecule has 0 aliphatic heterocycles. The summed E-state index contributed by atoms with van der Waals surface area (Å²) >= 11 is 5.19. The molecule has 0 radical (unpaired) electrons. The first kappa shape index (κ1) is 14.0. The lowest BCUT2D eigenvalue weighted by molar-refractivity contribution is 0.566. The molecule has 1 aromatic rings. The third-order valence-electron chi connectivity index (χ3n) is 2.60. The van der Waals surface area contributed by atoms with Crippen molar-refractivity contribution in [2.45, 2.75) is 46.2 Å². The van der Waals surface area contributed by atoms with Crippen LogP contribution in [0.25, 0.3) is 0 Å². The van der Waals surface area contributed by atoms with Crippen LogP contribution in [0.3, 0.4) is 0 Å². The monoisotopic (exact) mass is 254 g/mol. The maximum Gasteiger partial charge on any atom is 0.166 e. The van der Waals surface area contributed by atoms with Crippen molar-refractivity contribution in [1.29, 1.82) is 0 Å². The highest BCUT2D eigenvalue weighted by Crippen LogP contribution is 1.95. The van der Waals surface area contributed by atoms with Gasteiger partial charge in [-0.2, -0.15) is 5.10 Å². The number of nitrogens with zero attached hydrogens (tertiary/aromatic N) is 2. The third kappa shape index (κ3) is 5.68. The van der Waals surface area contributed by atoms with Crippen LogP contribution in [0.2, 0.25) is 0 Å². The van der Waals surface area contributed by atoms with Gasteiger partial charge in [0, 0.05) is 25.3 Å². The maximum absolute atomic E-state index is 5.19. The Kier molecular flexibility index (Phi) is 5.97. The molecular weight excluding hydrogens is 232 g/mol. The van der Waals surface area contributed by atoms with Crippen molar-refractivity contribution in [2.24, 2.45) is 0 Å². The first-order valence-electron chi connectivity index (χ1n) is 6.15. The fourth-order valence-corrected chi connectivity index (χ4v) is 1.71. The molecule has 0 amide bonds. The summed E-state index contributed by atoms with van der Waals surface area (Å²) in [5.74, 6) is 0. The second kappa shape index (κ2) is 7.27. The second-order valence-electron chi connectivity index (χ2n) is 4.34. The largest absolute Gasteiger partial charge is 0.363 e. The zero-order chi connectivity index (χ0) is 12.7. The van der Waals surface area contributed by atoms with E-state index in [1.807, 2.05) is 17.8 Å². The molecule has 0 saturated heterocycles. The fourth-order valence-electron chi connectivity index (χ4n) is 1.41. The van der Waals surface area contributed by atoms with Crippen LogP contribution < -0.4 is 10.6 Å². The molecule has 1 rings (SSSR count). The molecule has 0 bridgehead atoms. The van der Waals surface area contributed by atoms with Crippen LogP contribution in [-0.2, 0) is 6.54 Å². The molecule has 96 valence electrons. The number of aryl methyl sites for hydroxylation is 2. The topological polar surface area (TPSA) is 41.9 Å². The van der Waals surface area contributed by atoms with Crippen molar-refractivity contribution < 1.29 is 0 Å². The first-order chi connectivity index (χ1) is 8.11. The van der Waals surface area contributed by atoms with E-state index in [0.717, 1.165) is 31.0 Å². The van der Waals surface area contributed by atoms with Crippen LogP contribution in [-0.4, -0.2) is 27.5 Å². The van der Waals surface area contributed by atoms with Crippen LogP contribution in [0.15, 0.2) is 12.4 Å². The Hall–Kier alpha value is -1.10. The summed E-state index contributed by atoms with van der Waals surface area (Å²) in [4.78, 5) is 0. The molecule has 0 fully saturated rings. The lowest BCUT2D eigenvalue weighted by Crippen LogP contribution is -2.40. The summed E-state index contributed by atoms with van der Waals surface area (Å²) in [6, 6.07) is 0.434. The van der Waals surface area contributed by atoms with Gasteiger partial charge in [-0.25, -0.2) is 0 Å². The van der Waals surface area contributed by atoms with Crippen molar-refractivity contribution in [1.82, 2.24) is 20.4 Å². The van der Waals surface area contributed by atoms with Gasteiger partial charge in [-0.15, -0.1) is 0 Å². The van der Waals surface area contributed by atoms with E-state index in [2.05, 4.69) is 35.8 Å². The van der Waals surface area contributed by atoms with Crippen molar-refractivity contribution in [3.05, 3.63) is 18.0 Å². The van der Waals surface area contributed by atoms with Gasteiger partial charge >= 0.3 is 0 Å². The number of nitrogens with one attached hydrogen (secondary N) is 2. The van der Waals surface area contributed by atoms with Crippen LogP contribution in [0.1, 0.15) is 32.3 Å². The molecule has 1 atom stereocenters. The van der Waals surface area contributed by atoms with Gasteiger partial charge in [0.25, 0.3) is 0 Å². The Morgan fingerprint density at radius 3 is 2.94 bits per heavy atom. The Morgan fingerprint density at radius 2 is 2.35 bits per heavy atom. The molecule has 4 nitrogen and oxygen atoms in total. The van der Waals surface area contributed by atoms with E-state index >= 15 is 0 Å². The molecule has 0 aliphatic carbocycles. The van der Waals surface area contributed by atoms with Crippen molar-refractivity contribution >= 4 is 17.3 Å². The van der Waals surface area contributed by atoms with Gasteiger partial charge in [-0.05, 0) is 44.5 Å². The Morgan fingerprint density at radius 1 is 1.59 bits per heavy atom. The van der Waals surface area contributed by atoms with E-state index < -0.39 is 0 Å². The van der Waals surface area contributed by atoms with Gasteiger partial charge in [0.05, 0.1) is 6.20 Å². The minimum absolute atomic E-state index is 0.434. The van der Waals surface area contributed by atoms with Gasteiger partial charge in [0.2, 0.25) is 0 Å². The summed E-state index contributed by atoms with van der Waals surface area (Å²) < 4.78 is 1.96. The zero-order valence-electron chi connectivity index (χ0n) is 10.9. The highest BCUT2D eigenvalue weighted by Gasteiger charge is 2.00. The molecule has 0 saturated carbocycles. The molecular formula is C12H22N4S. The number of thiocarbonyl (C=S) groups is 1. The highest BCUT2D eigenvalue weighted by atomic mass is 32.1. The van der Waals surface area contributed by atoms with E-state index in [0.29, 0.717) is 6.04 Å². The van der Waals surface area contributed by atoms with E-state index in [1.165, 1.54) is 5.56 Å². The van der Waals surface area contributed by atoms with Crippen LogP contribution in [0.5, 0.6) is 0 Å². The second-order valence-corrected chi connectivity index (χ2v) is 4.75. The zero-order valence-corrected chi connectivity index (χ0v) is 11.7. The van der Waals surface area contributed by atoms with Crippen LogP contribution >= 0.6 is 12.2 Å². The number of rotatable bonds is 6. The average molecular weight is 254 g/mol. The van der Waals surface area contributed by atoms with E-state index in [-0.39, 0.29) is 0 Å². The van der Waals surface area contributed by atoms with Gasteiger partial charge < -0.3 is 10.6 Å². The number of hydrogen-bond donors (Lipinski definition) is 2. The minimum Gasteiger partial charge on any atom is -0.363 e. The first-order valence-corrected chi connectivity index (χ1v) is 6.56. The Bertz CT molecular complexity index is 348. The van der Waals surface area contributed by atoms with E-state index in [9.17, 15) is 0 Å². The normalized spacial score (nSPS) is 12.2. The SMILES string of the molecule is CCC(C)NC(=S)NCCCn1cc(C)cn1. The Labute approximate surface area is 109 Å². The molecule has 2 N–H and O–H groups in total. The van der Waals surface area contributed by atoms with Crippen LogP contribution in [0, 0.1) is 6.92 Å². The molecule has 17 heavy (non-hydrogen) atoms. The molecule has 1 aromatic heterocycles. The number of hydrogen-bond acceptors (Lipinski definition) is 2. The quantitative estimate of drug-likeness (QED) is 0.600. The fraction of sp³-hybridized carbons (Fsp3) is 0.667. The minimum atomic E-state index is 0.434. The summed E-state index contributed by atoms with van der Waals surface area (Å²) in [5.41, 5.74) is 1.20. The standard InChI is InChI=1S/C12H22N4S/c1-4-11(3)15-12(17)13-6-5-7-16-9-10(2)8-14-16/h8-9,11H,4-7H2,1-3H3,(H2,13,15,17). The smallest absolute Gasteiger partial charge is 0.166 e.